The molecule has 110 valence electrons. The molecule has 20 heavy (non-hydrogen) atoms. The van der Waals surface area contributed by atoms with E-state index < -0.39 is 0 Å². The predicted octanol–water partition coefficient (Wildman–Crippen LogP) is 0.934. The summed E-state index contributed by atoms with van der Waals surface area (Å²) in [6, 6.07) is 5.70. The monoisotopic (exact) mass is 278 g/mol. The number of rotatable bonds is 5. The van der Waals surface area contributed by atoms with Gasteiger partial charge in [0.1, 0.15) is 0 Å². The summed E-state index contributed by atoms with van der Waals surface area (Å²) in [7, 11) is 3.37. The zero-order valence-electron chi connectivity index (χ0n) is 12.1. The highest BCUT2D eigenvalue weighted by atomic mass is 16.5. The van der Waals surface area contributed by atoms with Gasteiger partial charge in [0, 0.05) is 26.3 Å². The molecule has 1 aliphatic heterocycles. The average Bonchev–Trinajstić information content (AvgIpc) is 3.01. The Kier molecular flexibility index (Phi) is 5.61. The third-order valence-electron chi connectivity index (χ3n) is 3.17. The van der Waals surface area contributed by atoms with E-state index in [9.17, 15) is 0 Å². The van der Waals surface area contributed by atoms with Crippen molar-refractivity contribution < 1.29 is 9.47 Å². The van der Waals surface area contributed by atoms with Gasteiger partial charge in [-0.15, -0.1) is 0 Å². The molecule has 0 bridgehead atoms. The summed E-state index contributed by atoms with van der Waals surface area (Å²) in [5.41, 5.74) is 0.907. The topological polar surface area (TPSA) is 67.8 Å². The van der Waals surface area contributed by atoms with E-state index in [1.165, 1.54) is 0 Å². The predicted molar refractivity (Wildman–Crippen MR) is 78.0 cm³/mol. The van der Waals surface area contributed by atoms with Gasteiger partial charge in [-0.25, -0.2) is 4.98 Å². The smallest absolute Gasteiger partial charge is 0.213 e. The Morgan fingerprint density at radius 3 is 3.10 bits per heavy atom. The zero-order chi connectivity index (χ0) is 14.2. The molecule has 6 nitrogen and oxygen atoms in total. The van der Waals surface area contributed by atoms with E-state index in [2.05, 4.69) is 20.6 Å². The van der Waals surface area contributed by atoms with Crippen LogP contribution in [0.4, 0.5) is 0 Å². The first kappa shape index (κ1) is 14.6. The van der Waals surface area contributed by atoms with Crippen LogP contribution in [-0.4, -0.2) is 44.4 Å². The summed E-state index contributed by atoms with van der Waals surface area (Å²) >= 11 is 0. The fourth-order valence-electron chi connectivity index (χ4n) is 2.08. The summed E-state index contributed by atoms with van der Waals surface area (Å²) < 4.78 is 10.7. The highest BCUT2D eigenvalue weighted by Gasteiger charge is 2.15. The van der Waals surface area contributed by atoms with Gasteiger partial charge in [-0.2, -0.15) is 0 Å². The molecular weight excluding hydrogens is 256 g/mol. The van der Waals surface area contributed by atoms with Crippen molar-refractivity contribution in [2.45, 2.75) is 25.5 Å². The van der Waals surface area contributed by atoms with Gasteiger partial charge in [-0.3, -0.25) is 4.99 Å². The van der Waals surface area contributed by atoms with Gasteiger partial charge < -0.3 is 20.1 Å². The van der Waals surface area contributed by atoms with Crippen molar-refractivity contribution in [3.8, 4) is 5.88 Å². The van der Waals surface area contributed by atoms with Crippen molar-refractivity contribution in [3.05, 3.63) is 23.9 Å². The molecule has 2 rings (SSSR count). The van der Waals surface area contributed by atoms with Crippen molar-refractivity contribution in [2.75, 3.05) is 27.3 Å². The molecule has 1 aromatic heterocycles. The van der Waals surface area contributed by atoms with Gasteiger partial charge in [0.2, 0.25) is 5.88 Å². The summed E-state index contributed by atoms with van der Waals surface area (Å²) in [5, 5.41) is 6.49. The zero-order valence-corrected chi connectivity index (χ0v) is 12.1. The van der Waals surface area contributed by atoms with Crippen LogP contribution in [0.5, 0.6) is 5.88 Å². The quantitative estimate of drug-likeness (QED) is 0.619. The van der Waals surface area contributed by atoms with Crippen LogP contribution < -0.4 is 15.4 Å². The molecule has 0 amide bonds. The highest BCUT2D eigenvalue weighted by Crippen LogP contribution is 2.10. The molecule has 1 aliphatic rings. The van der Waals surface area contributed by atoms with Crippen LogP contribution in [0.1, 0.15) is 18.5 Å². The fourth-order valence-corrected chi connectivity index (χ4v) is 2.08. The second kappa shape index (κ2) is 7.69. The van der Waals surface area contributed by atoms with E-state index in [1.54, 1.807) is 14.2 Å². The lowest BCUT2D eigenvalue weighted by Gasteiger charge is -2.15. The molecule has 1 atom stereocenters. The highest BCUT2D eigenvalue weighted by molar-refractivity contribution is 5.79. The molecule has 2 heterocycles. The van der Waals surface area contributed by atoms with Crippen LogP contribution in [0, 0.1) is 0 Å². The second-order valence-corrected chi connectivity index (χ2v) is 4.61. The lowest BCUT2D eigenvalue weighted by atomic mass is 10.2. The molecule has 6 heteroatoms. The second-order valence-electron chi connectivity index (χ2n) is 4.61. The number of methoxy groups -OCH3 is 1. The Balaban J connectivity index is 1.77. The molecule has 0 aromatic carbocycles. The molecule has 0 radical (unpaired) electrons. The Labute approximate surface area is 119 Å². The first-order valence-corrected chi connectivity index (χ1v) is 6.88. The van der Waals surface area contributed by atoms with Gasteiger partial charge in [0.15, 0.2) is 5.96 Å². The maximum absolute atomic E-state index is 5.57. The molecular formula is C14H22N4O2. The number of pyridine rings is 1. The summed E-state index contributed by atoms with van der Waals surface area (Å²) in [6.45, 7) is 2.25. The van der Waals surface area contributed by atoms with Crippen LogP contribution >= 0.6 is 0 Å². The Morgan fingerprint density at radius 1 is 1.50 bits per heavy atom. The van der Waals surface area contributed by atoms with Crippen LogP contribution in [0.3, 0.4) is 0 Å². The lowest BCUT2D eigenvalue weighted by molar-refractivity contribution is 0.114. The van der Waals surface area contributed by atoms with Gasteiger partial charge >= 0.3 is 0 Å². The minimum atomic E-state index is 0.295. The normalized spacial score (nSPS) is 18.9. The van der Waals surface area contributed by atoms with Crippen molar-refractivity contribution in [1.29, 1.82) is 0 Å². The summed E-state index contributed by atoms with van der Waals surface area (Å²) in [6.07, 6.45) is 2.55. The standard InChI is InChI=1S/C14H22N4O2/c1-15-14(17-10-12-6-4-8-20-12)16-9-11-5-3-7-13(18-11)19-2/h3,5,7,12H,4,6,8-10H2,1-2H3,(H2,15,16,17). The average molecular weight is 278 g/mol. The third-order valence-corrected chi connectivity index (χ3v) is 3.17. The van der Waals surface area contributed by atoms with Gasteiger partial charge in [-0.05, 0) is 18.9 Å². The van der Waals surface area contributed by atoms with E-state index in [0.717, 1.165) is 37.6 Å². The minimum absolute atomic E-state index is 0.295. The Hall–Kier alpha value is -1.82. The molecule has 0 saturated carbocycles. The fraction of sp³-hybridized carbons (Fsp3) is 0.571. The maximum Gasteiger partial charge on any atom is 0.213 e. The molecule has 0 aliphatic carbocycles. The van der Waals surface area contributed by atoms with Crippen LogP contribution in [0.2, 0.25) is 0 Å². The van der Waals surface area contributed by atoms with Gasteiger partial charge in [0.05, 0.1) is 25.5 Å². The van der Waals surface area contributed by atoms with E-state index in [-0.39, 0.29) is 0 Å². The summed E-state index contributed by atoms with van der Waals surface area (Å²) in [5.74, 6) is 1.37. The number of nitrogens with one attached hydrogen (secondary N) is 2. The molecule has 1 unspecified atom stereocenters. The number of hydrogen-bond acceptors (Lipinski definition) is 4. The number of guanidine groups is 1. The molecule has 2 N–H and O–H groups in total. The third kappa shape index (κ3) is 4.38. The van der Waals surface area contributed by atoms with Crippen LogP contribution in [0.25, 0.3) is 0 Å². The van der Waals surface area contributed by atoms with Crippen molar-refractivity contribution in [3.63, 3.8) is 0 Å². The number of nitrogens with zero attached hydrogens (tertiary/aromatic N) is 2. The number of aliphatic imine (C=N–C) groups is 1. The van der Waals surface area contributed by atoms with Gasteiger partial charge in [0.25, 0.3) is 0 Å². The van der Waals surface area contributed by atoms with E-state index in [1.807, 2.05) is 18.2 Å². The van der Waals surface area contributed by atoms with E-state index in [4.69, 9.17) is 9.47 Å². The minimum Gasteiger partial charge on any atom is -0.481 e. The number of aromatic nitrogens is 1. The van der Waals surface area contributed by atoms with E-state index >= 15 is 0 Å². The molecule has 1 saturated heterocycles. The number of hydrogen-bond donors (Lipinski definition) is 2. The molecule has 1 aromatic rings. The van der Waals surface area contributed by atoms with Crippen molar-refractivity contribution in [1.82, 2.24) is 15.6 Å². The van der Waals surface area contributed by atoms with Crippen LogP contribution in [-0.2, 0) is 11.3 Å². The SMILES string of the molecule is CN=C(NCc1cccc(OC)n1)NCC1CCCO1. The van der Waals surface area contributed by atoms with E-state index in [0.29, 0.717) is 18.5 Å². The summed E-state index contributed by atoms with van der Waals surface area (Å²) in [4.78, 5) is 8.53. The largest absolute Gasteiger partial charge is 0.481 e. The first-order chi connectivity index (χ1) is 9.81. The number of ether oxygens (including phenoxy) is 2. The van der Waals surface area contributed by atoms with Crippen molar-refractivity contribution >= 4 is 5.96 Å². The van der Waals surface area contributed by atoms with Gasteiger partial charge in [-0.1, -0.05) is 6.07 Å². The lowest BCUT2D eigenvalue weighted by Crippen LogP contribution is -2.40. The van der Waals surface area contributed by atoms with Crippen molar-refractivity contribution in [2.24, 2.45) is 4.99 Å². The Bertz CT molecular complexity index is 445. The van der Waals surface area contributed by atoms with Crippen LogP contribution in [0.15, 0.2) is 23.2 Å². The first-order valence-electron chi connectivity index (χ1n) is 6.88. The Morgan fingerprint density at radius 2 is 2.40 bits per heavy atom. The molecule has 1 fully saturated rings. The molecule has 0 spiro atoms. The maximum atomic E-state index is 5.57.